The van der Waals surface area contributed by atoms with Crippen LogP contribution in [0.2, 0.25) is 0 Å². The van der Waals surface area contributed by atoms with E-state index in [1.807, 2.05) is 6.07 Å². The highest BCUT2D eigenvalue weighted by Gasteiger charge is 2.23. The number of likely N-dealkylation sites (tertiary alicyclic amines) is 1. The number of nitrogens with one attached hydrogen (secondary N) is 2. The highest BCUT2D eigenvalue weighted by Crippen LogP contribution is 2.18. The van der Waals surface area contributed by atoms with E-state index in [1.165, 1.54) is 6.33 Å². The van der Waals surface area contributed by atoms with E-state index >= 15 is 0 Å². The lowest BCUT2D eigenvalue weighted by Crippen LogP contribution is -2.47. The van der Waals surface area contributed by atoms with Crippen molar-refractivity contribution < 1.29 is 9.53 Å². The Morgan fingerprint density at radius 1 is 1.29 bits per heavy atom. The molecular formula is C17H27N5O2. The van der Waals surface area contributed by atoms with Gasteiger partial charge in [0.15, 0.2) is 0 Å². The molecule has 1 atom stereocenters. The topological polar surface area (TPSA) is 79.4 Å². The minimum absolute atomic E-state index is 0.215. The lowest BCUT2D eigenvalue weighted by atomic mass is 10.0. The SMILES string of the molecule is COc1cc(NC2CCN(CC3CCCCC(=O)N3)CC2)ncn1. The second-order valence-electron chi connectivity index (χ2n) is 6.68. The van der Waals surface area contributed by atoms with Gasteiger partial charge in [0.25, 0.3) is 0 Å². The monoisotopic (exact) mass is 333 g/mol. The Labute approximate surface area is 143 Å². The number of methoxy groups -OCH3 is 1. The molecule has 1 aromatic rings. The third-order valence-corrected chi connectivity index (χ3v) is 4.84. The van der Waals surface area contributed by atoms with Gasteiger partial charge in [-0.2, -0.15) is 0 Å². The summed E-state index contributed by atoms with van der Waals surface area (Å²) < 4.78 is 5.13. The molecule has 7 nitrogen and oxygen atoms in total. The Kier molecular flexibility index (Phi) is 5.85. The zero-order valence-electron chi connectivity index (χ0n) is 14.3. The fourth-order valence-electron chi connectivity index (χ4n) is 3.50. The molecule has 0 aromatic carbocycles. The average molecular weight is 333 g/mol. The van der Waals surface area contributed by atoms with Crippen molar-refractivity contribution in [2.24, 2.45) is 0 Å². The van der Waals surface area contributed by atoms with Crippen molar-refractivity contribution >= 4 is 11.7 Å². The van der Waals surface area contributed by atoms with Gasteiger partial charge in [-0.25, -0.2) is 9.97 Å². The minimum Gasteiger partial charge on any atom is -0.481 e. The van der Waals surface area contributed by atoms with Crippen molar-refractivity contribution in [1.29, 1.82) is 0 Å². The van der Waals surface area contributed by atoms with Crippen LogP contribution in [0.25, 0.3) is 0 Å². The molecule has 3 rings (SSSR count). The summed E-state index contributed by atoms with van der Waals surface area (Å²) in [7, 11) is 1.61. The first kappa shape index (κ1) is 17.0. The summed E-state index contributed by atoms with van der Waals surface area (Å²) in [5.41, 5.74) is 0. The molecule has 2 N–H and O–H groups in total. The van der Waals surface area contributed by atoms with Gasteiger partial charge in [-0.15, -0.1) is 0 Å². The number of nitrogens with zero attached hydrogens (tertiary/aromatic N) is 3. The first-order valence-electron chi connectivity index (χ1n) is 8.87. The van der Waals surface area contributed by atoms with Crippen LogP contribution in [0.1, 0.15) is 38.5 Å². The van der Waals surface area contributed by atoms with Crippen molar-refractivity contribution in [3.05, 3.63) is 12.4 Å². The quantitative estimate of drug-likeness (QED) is 0.848. The van der Waals surface area contributed by atoms with E-state index in [-0.39, 0.29) is 5.91 Å². The molecule has 0 aliphatic carbocycles. The standard InChI is InChI=1S/C17H27N5O2/c1-24-17-10-15(18-12-19-17)20-13-6-8-22(9-7-13)11-14-4-2-3-5-16(23)21-14/h10,12-14H,2-9,11H2,1H3,(H,21,23)(H,18,19,20). The summed E-state index contributed by atoms with van der Waals surface area (Å²) in [5.74, 6) is 1.61. The minimum atomic E-state index is 0.215. The molecule has 0 spiro atoms. The average Bonchev–Trinajstić information content (AvgIpc) is 2.81. The molecule has 3 heterocycles. The van der Waals surface area contributed by atoms with Gasteiger partial charge in [0.05, 0.1) is 7.11 Å². The molecule has 1 aromatic heterocycles. The number of amides is 1. The molecule has 2 aliphatic heterocycles. The Balaban J connectivity index is 1.44. The largest absolute Gasteiger partial charge is 0.481 e. The van der Waals surface area contributed by atoms with Crippen LogP contribution >= 0.6 is 0 Å². The summed E-state index contributed by atoms with van der Waals surface area (Å²) in [5, 5.41) is 6.63. The Morgan fingerprint density at radius 3 is 2.92 bits per heavy atom. The van der Waals surface area contributed by atoms with Crippen LogP contribution in [-0.2, 0) is 4.79 Å². The summed E-state index contributed by atoms with van der Waals surface area (Å²) in [6.07, 6.45) is 7.63. The zero-order chi connectivity index (χ0) is 16.8. The van der Waals surface area contributed by atoms with Gasteiger partial charge in [-0.05, 0) is 25.7 Å². The maximum Gasteiger partial charge on any atom is 0.220 e. The zero-order valence-corrected chi connectivity index (χ0v) is 14.3. The molecule has 1 amide bonds. The van der Waals surface area contributed by atoms with Gasteiger partial charge in [-0.3, -0.25) is 4.79 Å². The number of piperidine rings is 1. The fourth-order valence-corrected chi connectivity index (χ4v) is 3.50. The predicted octanol–water partition coefficient (Wildman–Crippen LogP) is 1.42. The van der Waals surface area contributed by atoms with Crippen molar-refractivity contribution in [2.75, 3.05) is 32.1 Å². The Morgan fingerprint density at radius 2 is 2.12 bits per heavy atom. The number of carbonyl (C=O) groups excluding carboxylic acids is 1. The molecule has 7 heteroatoms. The van der Waals surface area contributed by atoms with Gasteiger partial charge < -0.3 is 20.3 Å². The van der Waals surface area contributed by atoms with E-state index in [0.717, 1.165) is 57.6 Å². The number of rotatable bonds is 5. The second-order valence-corrected chi connectivity index (χ2v) is 6.68. The molecule has 2 saturated heterocycles. The fraction of sp³-hybridized carbons (Fsp3) is 0.706. The molecule has 0 bridgehead atoms. The summed E-state index contributed by atoms with van der Waals surface area (Å²) >= 11 is 0. The van der Waals surface area contributed by atoms with Gasteiger partial charge in [0.1, 0.15) is 12.1 Å². The van der Waals surface area contributed by atoms with Crippen LogP contribution < -0.4 is 15.4 Å². The first-order valence-corrected chi connectivity index (χ1v) is 8.87. The van der Waals surface area contributed by atoms with Crippen LogP contribution in [-0.4, -0.2) is 59.6 Å². The summed E-state index contributed by atoms with van der Waals surface area (Å²) in [6, 6.07) is 2.56. The van der Waals surface area contributed by atoms with E-state index in [2.05, 4.69) is 25.5 Å². The highest BCUT2D eigenvalue weighted by molar-refractivity contribution is 5.76. The molecule has 2 fully saturated rings. The van der Waals surface area contributed by atoms with Gasteiger partial charge >= 0.3 is 0 Å². The summed E-state index contributed by atoms with van der Waals surface area (Å²) in [6.45, 7) is 3.07. The van der Waals surface area contributed by atoms with Crippen LogP contribution in [0.4, 0.5) is 5.82 Å². The number of hydrogen-bond donors (Lipinski definition) is 2. The molecule has 0 saturated carbocycles. The van der Waals surface area contributed by atoms with Crippen molar-refractivity contribution in [3.8, 4) is 5.88 Å². The van der Waals surface area contributed by atoms with Gasteiger partial charge in [0, 0.05) is 44.2 Å². The molecule has 132 valence electrons. The van der Waals surface area contributed by atoms with Crippen molar-refractivity contribution in [2.45, 2.75) is 50.6 Å². The number of anilines is 1. The number of hydrogen-bond acceptors (Lipinski definition) is 6. The molecule has 0 radical (unpaired) electrons. The van der Waals surface area contributed by atoms with Crippen LogP contribution in [0.3, 0.4) is 0 Å². The van der Waals surface area contributed by atoms with Crippen LogP contribution in [0.15, 0.2) is 12.4 Å². The summed E-state index contributed by atoms with van der Waals surface area (Å²) in [4.78, 5) is 22.4. The van der Waals surface area contributed by atoms with E-state index in [9.17, 15) is 4.79 Å². The Hall–Kier alpha value is -1.89. The van der Waals surface area contributed by atoms with Crippen molar-refractivity contribution in [1.82, 2.24) is 20.2 Å². The van der Waals surface area contributed by atoms with Crippen LogP contribution in [0.5, 0.6) is 5.88 Å². The maximum absolute atomic E-state index is 11.7. The molecule has 2 aliphatic rings. The van der Waals surface area contributed by atoms with Gasteiger partial charge in [0.2, 0.25) is 11.8 Å². The number of aromatic nitrogens is 2. The lowest BCUT2D eigenvalue weighted by Gasteiger charge is -2.34. The number of carbonyl (C=O) groups is 1. The first-order chi connectivity index (χ1) is 11.7. The third-order valence-electron chi connectivity index (χ3n) is 4.84. The van der Waals surface area contributed by atoms with E-state index < -0.39 is 0 Å². The normalized spacial score (nSPS) is 23.4. The lowest BCUT2D eigenvalue weighted by molar-refractivity contribution is -0.121. The molecular weight excluding hydrogens is 306 g/mol. The number of ether oxygens (including phenoxy) is 1. The second kappa shape index (κ2) is 8.28. The smallest absolute Gasteiger partial charge is 0.220 e. The van der Waals surface area contributed by atoms with Crippen molar-refractivity contribution in [3.63, 3.8) is 0 Å². The molecule has 1 unspecified atom stereocenters. The molecule has 24 heavy (non-hydrogen) atoms. The highest BCUT2D eigenvalue weighted by atomic mass is 16.5. The Bertz CT molecular complexity index is 546. The van der Waals surface area contributed by atoms with Gasteiger partial charge in [-0.1, -0.05) is 6.42 Å². The maximum atomic E-state index is 11.7. The van der Waals surface area contributed by atoms with E-state index in [0.29, 0.717) is 24.4 Å². The van der Waals surface area contributed by atoms with Crippen LogP contribution in [0, 0.1) is 0 Å². The predicted molar refractivity (Wildman–Crippen MR) is 92.1 cm³/mol. The van der Waals surface area contributed by atoms with E-state index in [4.69, 9.17) is 4.74 Å². The van der Waals surface area contributed by atoms with E-state index in [1.54, 1.807) is 7.11 Å². The third kappa shape index (κ3) is 4.80.